The zero-order valence-corrected chi connectivity index (χ0v) is 33.4. The van der Waals surface area contributed by atoms with Crippen LogP contribution in [0.25, 0.3) is 76.9 Å². The molecule has 0 spiro atoms. The molecule has 0 bridgehead atoms. The van der Waals surface area contributed by atoms with Gasteiger partial charge in [0.1, 0.15) is 0 Å². The molecule has 61 heavy (non-hydrogen) atoms. The van der Waals surface area contributed by atoms with Crippen LogP contribution in [0, 0.1) is 0 Å². The molecular weight excluding hydrogens is 743 g/mol. The van der Waals surface area contributed by atoms with Crippen molar-refractivity contribution in [1.82, 2.24) is 9.13 Å². The molecule has 288 valence electrons. The van der Waals surface area contributed by atoms with Gasteiger partial charge in [0.25, 0.3) is 0 Å². The highest BCUT2D eigenvalue weighted by Crippen LogP contribution is 2.41. The monoisotopic (exact) mass is 781 g/mol. The van der Waals surface area contributed by atoms with Crippen molar-refractivity contribution < 1.29 is 0 Å². The fraction of sp³-hybridized carbons (Fsp3) is 0.0179. The van der Waals surface area contributed by atoms with Crippen molar-refractivity contribution in [3.8, 4) is 22.5 Å². The van der Waals surface area contributed by atoms with Crippen LogP contribution in [0.4, 0.5) is 0 Å². The van der Waals surface area contributed by atoms with E-state index in [-0.39, 0.29) is 0 Å². The van der Waals surface area contributed by atoms with Crippen LogP contribution in [-0.4, -0.2) is 27.5 Å². The first-order valence-corrected chi connectivity index (χ1v) is 20.6. The summed E-state index contributed by atoms with van der Waals surface area (Å²) < 4.78 is 4.74. The third-order valence-corrected chi connectivity index (χ3v) is 11.7. The van der Waals surface area contributed by atoms with E-state index >= 15 is 0 Å². The van der Waals surface area contributed by atoms with Gasteiger partial charge in [0.2, 0.25) is 0 Å². The lowest BCUT2D eigenvalue weighted by atomic mass is 10.00. The van der Waals surface area contributed by atoms with Crippen LogP contribution in [0.5, 0.6) is 0 Å². The normalized spacial score (nSPS) is 12.3. The summed E-state index contributed by atoms with van der Waals surface area (Å²) in [6.07, 6.45) is 0. The van der Waals surface area contributed by atoms with Gasteiger partial charge in [0.15, 0.2) is 11.7 Å². The van der Waals surface area contributed by atoms with Crippen LogP contribution < -0.4 is 0 Å². The molecule has 0 N–H and O–H groups in total. The summed E-state index contributed by atoms with van der Waals surface area (Å²) >= 11 is 0. The van der Waals surface area contributed by atoms with E-state index in [1.54, 1.807) is 0 Å². The molecule has 9 aromatic carbocycles. The third kappa shape index (κ3) is 6.31. The van der Waals surface area contributed by atoms with Crippen molar-refractivity contribution in [2.24, 2.45) is 15.0 Å². The molecule has 5 nitrogen and oxygen atoms in total. The van der Waals surface area contributed by atoms with Crippen molar-refractivity contribution in [2.45, 2.75) is 6.54 Å². The molecule has 0 saturated carbocycles. The second-order valence-corrected chi connectivity index (χ2v) is 15.3. The topological polar surface area (TPSA) is 46.9 Å². The summed E-state index contributed by atoms with van der Waals surface area (Å²) in [6.45, 7) is 4.33. The van der Waals surface area contributed by atoms with Gasteiger partial charge in [-0.05, 0) is 71.1 Å². The van der Waals surface area contributed by atoms with Crippen LogP contribution >= 0.6 is 0 Å². The molecule has 0 aliphatic carbocycles. The SMILES string of the molecule is C=NC(=NC(=NCc1ccc(-n2c3ccc4ccccc4c3c3cccc(-c4ccccc4)c32)cc1)c1ccc2c3ccccc3n(-c3ccccc3)c2c1)c1ccccc1. The van der Waals surface area contributed by atoms with Crippen molar-refractivity contribution in [1.29, 1.82) is 0 Å². The van der Waals surface area contributed by atoms with Gasteiger partial charge >= 0.3 is 0 Å². The molecule has 5 heteroatoms. The average molecular weight is 782 g/mol. The maximum atomic E-state index is 5.25. The van der Waals surface area contributed by atoms with E-state index in [1.807, 2.05) is 30.3 Å². The molecule has 0 aliphatic heterocycles. The molecule has 0 radical (unpaired) electrons. The van der Waals surface area contributed by atoms with Crippen molar-refractivity contribution in [3.63, 3.8) is 0 Å². The minimum absolute atomic E-state index is 0.422. The Hall–Kier alpha value is -8.15. The quantitative estimate of drug-likeness (QED) is 0.114. The second kappa shape index (κ2) is 15.2. The first-order chi connectivity index (χ1) is 30.2. The second-order valence-electron chi connectivity index (χ2n) is 15.3. The van der Waals surface area contributed by atoms with Gasteiger partial charge in [-0.1, -0.05) is 170 Å². The van der Waals surface area contributed by atoms with E-state index in [0.29, 0.717) is 18.2 Å². The average Bonchev–Trinajstić information content (AvgIpc) is 3.86. The van der Waals surface area contributed by atoms with Gasteiger partial charge < -0.3 is 9.13 Å². The Morgan fingerprint density at radius 2 is 1.10 bits per heavy atom. The van der Waals surface area contributed by atoms with Crippen LogP contribution in [0.3, 0.4) is 0 Å². The summed E-state index contributed by atoms with van der Waals surface area (Å²) in [6, 6.07) is 74.9. The molecule has 0 saturated heterocycles. The Labute approximate surface area is 353 Å². The molecule has 0 unspecified atom stereocenters. The fourth-order valence-electron chi connectivity index (χ4n) is 8.91. The summed E-state index contributed by atoms with van der Waals surface area (Å²) in [5.41, 5.74) is 12.0. The molecule has 0 atom stereocenters. The number of hydrogen-bond donors (Lipinski definition) is 0. The molecule has 0 aliphatic rings. The molecular formula is C56H39N5. The highest BCUT2D eigenvalue weighted by Gasteiger charge is 2.19. The lowest BCUT2D eigenvalue weighted by Crippen LogP contribution is -2.06. The minimum Gasteiger partial charge on any atom is -0.309 e. The zero-order chi connectivity index (χ0) is 40.7. The first-order valence-electron chi connectivity index (χ1n) is 20.6. The van der Waals surface area contributed by atoms with Crippen LogP contribution in [0.1, 0.15) is 16.7 Å². The smallest absolute Gasteiger partial charge is 0.161 e. The standard InChI is InChI=1S/C56H39N5/c1-57-55(41-19-7-3-8-20-41)59-56(42-30-34-48-47-24-13-14-27-50(47)60(52(48)36-42)43-21-9-4-10-22-43)58-37-38-28-32-44(33-29-38)61-51-35-31-40-18-11-12-23-45(40)53(51)49-26-15-25-46(54(49)61)39-16-5-2-6-17-39/h2-36H,1,37H2. The number of amidine groups is 2. The number of nitrogens with zero attached hydrogens (tertiary/aromatic N) is 5. The number of rotatable bonds is 7. The molecule has 0 fully saturated rings. The Kier molecular flexibility index (Phi) is 8.98. The fourth-order valence-corrected chi connectivity index (χ4v) is 8.91. The zero-order valence-electron chi connectivity index (χ0n) is 33.4. The Morgan fingerprint density at radius 3 is 1.89 bits per heavy atom. The molecule has 2 heterocycles. The largest absolute Gasteiger partial charge is 0.309 e. The van der Waals surface area contributed by atoms with Gasteiger partial charge in [-0.3, -0.25) is 4.99 Å². The molecule has 11 rings (SSSR count). The summed E-state index contributed by atoms with van der Waals surface area (Å²) in [7, 11) is 0. The maximum Gasteiger partial charge on any atom is 0.161 e. The van der Waals surface area contributed by atoms with E-state index < -0.39 is 0 Å². The number of fused-ring (bicyclic) bond motifs is 8. The van der Waals surface area contributed by atoms with E-state index in [4.69, 9.17) is 9.98 Å². The number of benzene rings is 9. The number of aliphatic imine (C=N–C) groups is 3. The summed E-state index contributed by atoms with van der Waals surface area (Å²) in [5.74, 6) is 1.11. The number of para-hydroxylation sites is 3. The van der Waals surface area contributed by atoms with Gasteiger partial charge in [0, 0.05) is 49.6 Å². The van der Waals surface area contributed by atoms with E-state index in [0.717, 1.165) is 39.1 Å². The van der Waals surface area contributed by atoms with Crippen molar-refractivity contribution >= 4 is 72.8 Å². The summed E-state index contributed by atoms with van der Waals surface area (Å²) in [4.78, 5) is 14.8. The van der Waals surface area contributed by atoms with Crippen LogP contribution in [-0.2, 0) is 6.54 Å². The molecule has 11 aromatic rings. The van der Waals surface area contributed by atoms with Gasteiger partial charge in [0.05, 0.1) is 28.6 Å². The molecule has 2 aromatic heterocycles. The highest BCUT2D eigenvalue weighted by molar-refractivity contribution is 6.23. The van der Waals surface area contributed by atoms with Gasteiger partial charge in [-0.25, -0.2) is 9.98 Å². The van der Waals surface area contributed by atoms with Crippen molar-refractivity contribution in [3.05, 3.63) is 229 Å². The minimum atomic E-state index is 0.422. The predicted molar refractivity (Wildman–Crippen MR) is 257 cm³/mol. The van der Waals surface area contributed by atoms with Gasteiger partial charge in [-0.15, -0.1) is 0 Å². The lowest BCUT2D eigenvalue weighted by Gasteiger charge is -2.12. The first kappa shape index (κ1) is 36.0. The predicted octanol–water partition coefficient (Wildman–Crippen LogP) is 13.8. The van der Waals surface area contributed by atoms with Gasteiger partial charge in [-0.2, -0.15) is 0 Å². The van der Waals surface area contributed by atoms with E-state index in [2.05, 4.69) is 203 Å². The van der Waals surface area contributed by atoms with E-state index in [9.17, 15) is 0 Å². The number of hydrogen-bond acceptors (Lipinski definition) is 1. The Balaban J connectivity index is 1.04. The van der Waals surface area contributed by atoms with Crippen LogP contribution in [0.2, 0.25) is 0 Å². The van der Waals surface area contributed by atoms with E-state index in [1.165, 1.54) is 54.5 Å². The summed E-state index contributed by atoms with van der Waals surface area (Å²) in [5, 5.41) is 7.33. The van der Waals surface area contributed by atoms with Crippen LogP contribution in [0.15, 0.2) is 227 Å². The third-order valence-electron chi connectivity index (χ3n) is 11.7. The maximum absolute atomic E-state index is 5.25. The lowest BCUT2D eigenvalue weighted by molar-refractivity contribution is 1.05. The molecule has 0 amide bonds. The Morgan fingerprint density at radius 1 is 0.443 bits per heavy atom. The highest BCUT2D eigenvalue weighted by atomic mass is 15.0. The Bertz CT molecular complexity index is 3490. The number of aromatic nitrogens is 2. The van der Waals surface area contributed by atoms with Crippen molar-refractivity contribution in [2.75, 3.05) is 0 Å².